The number of hydrogen-bond acceptors (Lipinski definition) is 10. The molecule has 34 heavy (non-hydrogen) atoms. The topological polar surface area (TPSA) is 107 Å². The number of aromatic nitrogens is 3. The van der Waals surface area contributed by atoms with Crippen LogP contribution >= 0.6 is 11.8 Å². The second-order valence-electron chi connectivity index (χ2n) is 9.46. The van der Waals surface area contributed by atoms with E-state index in [2.05, 4.69) is 14.8 Å². The van der Waals surface area contributed by atoms with Crippen LogP contribution in [0.15, 0.2) is 28.4 Å². The number of fused-ring (bicyclic) bond motifs is 3. The van der Waals surface area contributed by atoms with E-state index in [9.17, 15) is 9.66 Å². The SMILES string of the molecule is [O-][S+]1CCN2c3nccc(Sc4cnc(N5CCC6(CCOC6)CC5)c(CO)n4)c3OCC2C1. The normalized spacial score (nSPS) is 25.7. The largest absolute Gasteiger partial charge is 0.616 e. The first-order valence-corrected chi connectivity index (χ1v) is 14.2. The van der Waals surface area contributed by atoms with E-state index in [0.717, 1.165) is 74.4 Å². The standard InChI is InChI=1S/C23H29N5O4S2/c29-12-17-21(27-6-2-23(3-7-27)4-9-31-15-23)25-11-19(26-17)33-18-1-5-24-22-20(18)32-13-16-14-34(30)10-8-28(16)22/h1,5,11,16,29H,2-4,6-10,12-15H2. The number of aliphatic hydroxyl groups is 1. The molecule has 0 aromatic carbocycles. The van der Waals surface area contributed by atoms with E-state index in [1.54, 1.807) is 12.4 Å². The summed E-state index contributed by atoms with van der Waals surface area (Å²) in [6, 6.07) is 2.03. The first kappa shape index (κ1) is 22.7. The Balaban J connectivity index is 1.20. The average molecular weight is 504 g/mol. The molecule has 6 rings (SSSR count). The fourth-order valence-corrected chi connectivity index (χ4v) is 7.51. The minimum absolute atomic E-state index is 0.106. The van der Waals surface area contributed by atoms with Gasteiger partial charge in [-0.1, -0.05) is 11.8 Å². The molecule has 4 aliphatic heterocycles. The third-order valence-electron chi connectivity index (χ3n) is 7.39. The Morgan fingerprint density at radius 1 is 1.21 bits per heavy atom. The summed E-state index contributed by atoms with van der Waals surface area (Å²) in [6.07, 6.45) is 6.88. The predicted molar refractivity (Wildman–Crippen MR) is 130 cm³/mol. The number of ether oxygens (including phenoxy) is 2. The summed E-state index contributed by atoms with van der Waals surface area (Å²) >= 11 is 0.681. The molecule has 11 heteroatoms. The highest BCUT2D eigenvalue weighted by atomic mass is 32.2. The smallest absolute Gasteiger partial charge is 0.175 e. The van der Waals surface area contributed by atoms with Crippen molar-refractivity contribution >= 4 is 34.6 Å². The van der Waals surface area contributed by atoms with Gasteiger partial charge in [0.2, 0.25) is 0 Å². The third-order valence-corrected chi connectivity index (χ3v) is 9.74. The van der Waals surface area contributed by atoms with Crippen LogP contribution < -0.4 is 14.5 Å². The zero-order chi connectivity index (χ0) is 23.1. The molecule has 4 aliphatic rings. The van der Waals surface area contributed by atoms with Gasteiger partial charge in [0, 0.05) is 25.9 Å². The molecule has 0 bridgehead atoms. The van der Waals surface area contributed by atoms with Gasteiger partial charge < -0.3 is 28.9 Å². The van der Waals surface area contributed by atoms with Gasteiger partial charge in [-0.25, -0.2) is 15.0 Å². The molecule has 2 atom stereocenters. The number of anilines is 2. The van der Waals surface area contributed by atoms with Crippen molar-refractivity contribution < 1.29 is 19.1 Å². The third kappa shape index (κ3) is 4.21. The molecule has 0 amide bonds. The van der Waals surface area contributed by atoms with Gasteiger partial charge in [0.05, 0.1) is 30.9 Å². The first-order valence-electron chi connectivity index (χ1n) is 11.8. The van der Waals surface area contributed by atoms with Crippen LogP contribution in [-0.4, -0.2) is 81.6 Å². The zero-order valence-electron chi connectivity index (χ0n) is 19.0. The van der Waals surface area contributed by atoms with Crippen LogP contribution in [0.4, 0.5) is 11.6 Å². The molecule has 1 N–H and O–H groups in total. The maximum Gasteiger partial charge on any atom is 0.175 e. The Hall–Kier alpha value is -1.79. The molecule has 182 valence electrons. The molecular formula is C23H29N5O4S2. The molecule has 2 unspecified atom stereocenters. The van der Waals surface area contributed by atoms with Crippen molar-refractivity contribution in [2.24, 2.45) is 5.41 Å². The molecule has 2 aromatic rings. The van der Waals surface area contributed by atoms with Gasteiger partial charge in [0.1, 0.15) is 34.9 Å². The maximum absolute atomic E-state index is 12.0. The van der Waals surface area contributed by atoms with E-state index >= 15 is 0 Å². The molecule has 3 fully saturated rings. The van der Waals surface area contributed by atoms with Crippen molar-refractivity contribution in [3.05, 3.63) is 24.2 Å². The summed E-state index contributed by atoms with van der Waals surface area (Å²) in [5.41, 5.74) is 0.924. The van der Waals surface area contributed by atoms with E-state index in [0.29, 0.717) is 34.2 Å². The van der Waals surface area contributed by atoms with Crippen LogP contribution in [-0.2, 0) is 22.5 Å². The Morgan fingerprint density at radius 3 is 2.88 bits per heavy atom. The average Bonchev–Trinajstić information content (AvgIpc) is 3.32. The fourth-order valence-electron chi connectivity index (χ4n) is 5.38. The number of pyridine rings is 1. The van der Waals surface area contributed by atoms with Crippen LogP contribution in [0.3, 0.4) is 0 Å². The summed E-state index contributed by atoms with van der Waals surface area (Å²) in [4.78, 5) is 19.4. The van der Waals surface area contributed by atoms with Crippen molar-refractivity contribution in [1.29, 1.82) is 0 Å². The minimum Gasteiger partial charge on any atom is -0.616 e. The second kappa shape index (κ2) is 9.34. The highest BCUT2D eigenvalue weighted by Crippen LogP contribution is 2.44. The Bertz CT molecular complexity index is 1040. The molecule has 0 radical (unpaired) electrons. The number of hydrogen-bond donors (Lipinski definition) is 1. The maximum atomic E-state index is 12.0. The van der Waals surface area contributed by atoms with E-state index in [1.807, 2.05) is 6.07 Å². The predicted octanol–water partition coefficient (Wildman–Crippen LogP) is 1.85. The number of nitrogens with zero attached hydrogens (tertiary/aromatic N) is 5. The molecule has 3 saturated heterocycles. The molecular weight excluding hydrogens is 474 g/mol. The lowest BCUT2D eigenvalue weighted by Crippen LogP contribution is -2.53. The summed E-state index contributed by atoms with van der Waals surface area (Å²) in [5, 5.41) is 10.8. The highest BCUT2D eigenvalue weighted by Gasteiger charge is 2.39. The van der Waals surface area contributed by atoms with Gasteiger partial charge in [0.15, 0.2) is 17.4 Å². The van der Waals surface area contributed by atoms with E-state index in [4.69, 9.17) is 19.4 Å². The molecule has 1 spiro atoms. The van der Waals surface area contributed by atoms with Crippen LogP contribution in [0.5, 0.6) is 5.75 Å². The minimum atomic E-state index is -0.790. The molecule has 9 nitrogen and oxygen atoms in total. The van der Waals surface area contributed by atoms with Crippen LogP contribution in [0.1, 0.15) is 25.0 Å². The van der Waals surface area contributed by atoms with E-state index in [1.165, 1.54) is 11.8 Å². The van der Waals surface area contributed by atoms with Crippen molar-refractivity contribution in [2.75, 3.05) is 60.8 Å². The summed E-state index contributed by atoms with van der Waals surface area (Å²) in [7, 11) is 0. The Labute approximate surface area is 206 Å². The molecule has 6 heterocycles. The van der Waals surface area contributed by atoms with Gasteiger partial charge in [-0.3, -0.25) is 0 Å². The van der Waals surface area contributed by atoms with E-state index in [-0.39, 0.29) is 12.6 Å². The van der Waals surface area contributed by atoms with Crippen LogP contribution in [0.2, 0.25) is 0 Å². The number of rotatable bonds is 4. The quantitative estimate of drug-likeness (QED) is 0.621. The first-order chi connectivity index (χ1) is 16.6. The van der Waals surface area contributed by atoms with Crippen LogP contribution in [0.25, 0.3) is 0 Å². The monoisotopic (exact) mass is 503 g/mol. The molecule has 2 aromatic heterocycles. The van der Waals surface area contributed by atoms with Gasteiger partial charge >= 0.3 is 0 Å². The van der Waals surface area contributed by atoms with Crippen molar-refractivity contribution in [2.45, 2.75) is 41.8 Å². The lowest BCUT2D eigenvalue weighted by molar-refractivity contribution is 0.133. The number of piperidine rings is 1. The summed E-state index contributed by atoms with van der Waals surface area (Å²) in [5.74, 6) is 3.61. The lowest BCUT2D eigenvalue weighted by Gasteiger charge is -2.40. The second-order valence-corrected chi connectivity index (χ2v) is 12.1. The number of aliphatic hydroxyl groups excluding tert-OH is 1. The lowest BCUT2D eigenvalue weighted by atomic mass is 9.78. The van der Waals surface area contributed by atoms with Gasteiger partial charge in [-0.2, -0.15) is 0 Å². The van der Waals surface area contributed by atoms with Gasteiger partial charge in [-0.05, 0) is 41.9 Å². The van der Waals surface area contributed by atoms with Gasteiger partial charge in [0.25, 0.3) is 0 Å². The van der Waals surface area contributed by atoms with Crippen molar-refractivity contribution in [1.82, 2.24) is 15.0 Å². The van der Waals surface area contributed by atoms with Gasteiger partial charge in [-0.15, -0.1) is 0 Å². The van der Waals surface area contributed by atoms with Crippen LogP contribution in [0, 0.1) is 5.41 Å². The highest BCUT2D eigenvalue weighted by molar-refractivity contribution is 7.99. The summed E-state index contributed by atoms with van der Waals surface area (Å²) in [6.45, 7) is 4.62. The van der Waals surface area contributed by atoms with Crippen molar-refractivity contribution in [3.8, 4) is 5.75 Å². The Kier molecular flexibility index (Phi) is 6.23. The molecule has 0 saturated carbocycles. The van der Waals surface area contributed by atoms with Crippen molar-refractivity contribution in [3.63, 3.8) is 0 Å². The molecule has 0 aliphatic carbocycles. The summed E-state index contributed by atoms with van der Waals surface area (Å²) < 4.78 is 23.7. The Morgan fingerprint density at radius 2 is 2.09 bits per heavy atom. The zero-order valence-corrected chi connectivity index (χ0v) is 20.7. The fraction of sp³-hybridized carbons (Fsp3) is 0.609. The van der Waals surface area contributed by atoms with E-state index < -0.39 is 11.2 Å².